The Labute approximate surface area is 160 Å². The van der Waals surface area contributed by atoms with Crippen LogP contribution < -0.4 is 11.5 Å². The fraction of sp³-hybridized carbons (Fsp3) is 0.526. The van der Waals surface area contributed by atoms with Crippen LogP contribution in [0.5, 0.6) is 0 Å². The fourth-order valence-electron chi connectivity index (χ4n) is 3.78. The Morgan fingerprint density at radius 3 is 2.07 bits per heavy atom. The van der Waals surface area contributed by atoms with Crippen molar-refractivity contribution in [1.82, 2.24) is 0 Å². The van der Waals surface area contributed by atoms with Gasteiger partial charge in [0.2, 0.25) is 17.7 Å². The van der Waals surface area contributed by atoms with Gasteiger partial charge in [0.1, 0.15) is 11.6 Å². The second kappa shape index (κ2) is 8.46. The molecular weight excluding hydrogens is 380 g/mol. The maximum absolute atomic E-state index is 13.5. The summed E-state index contributed by atoms with van der Waals surface area (Å²) in [7, 11) is 0. The quantitative estimate of drug-likeness (QED) is 0.580. The number of nitrogens with two attached hydrogens (primary N) is 2. The number of hydrogen-bond acceptors (Lipinski definition) is 3. The number of alkyl halides is 2. The van der Waals surface area contributed by atoms with E-state index in [1.165, 1.54) is 6.42 Å². The molecule has 1 saturated carbocycles. The van der Waals surface area contributed by atoms with Gasteiger partial charge in [-0.1, -0.05) is 0 Å². The lowest BCUT2D eigenvalue weighted by Crippen LogP contribution is -2.52. The van der Waals surface area contributed by atoms with Crippen molar-refractivity contribution in [3.8, 4) is 0 Å². The fourth-order valence-corrected chi connectivity index (χ4v) is 3.78. The first-order valence-corrected chi connectivity index (χ1v) is 8.88. The predicted octanol–water partition coefficient (Wildman–Crippen LogP) is 2.25. The highest BCUT2D eigenvalue weighted by molar-refractivity contribution is 5.89. The summed E-state index contributed by atoms with van der Waals surface area (Å²) >= 11 is 0. The van der Waals surface area contributed by atoms with Crippen LogP contribution in [0.4, 0.5) is 17.6 Å². The lowest BCUT2D eigenvalue weighted by atomic mass is 9.62. The molecule has 155 valence electrons. The van der Waals surface area contributed by atoms with E-state index < -0.39 is 59.6 Å². The lowest BCUT2D eigenvalue weighted by molar-refractivity contribution is -0.150. The van der Waals surface area contributed by atoms with Crippen molar-refractivity contribution in [2.45, 2.75) is 50.6 Å². The molecule has 0 aliphatic heterocycles. The molecule has 1 radical (unpaired) electrons. The van der Waals surface area contributed by atoms with Crippen molar-refractivity contribution in [2.75, 3.05) is 0 Å². The average Bonchev–Trinajstić information content (AvgIpc) is 2.57. The molecule has 9 heteroatoms. The number of benzene rings is 1. The number of halogens is 4. The standard InChI is InChI=1S/C19H23F4N2O3/c20-12-7-11(8-13(21)9-12)1-2-14(26)10-15(16(24)27)18(17(25)28)3-5-19(22,23)6-4-18/h2,7-9,14-15,26H,1,3-6,10H2,(H2,24,27)(H2,25,28). The molecule has 0 aromatic heterocycles. The number of amides is 2. The normalized spacial score (nSPS) is 20.3. The van der Waals surface area contributed by atoms with Crippen LogP contribution in [-0.4, -0.2) is 28.9 Å². The molecule has 2 atom stereocenters. The minimum atomic E-state index is -2.95. The van der Waals surface area contributed by atoms with Gasteiger partial charge in [-0.3, -0.25) is 9.59 Å². The van der Waals surface area contributed by atoms with Gasteiger partial charge in [-0.2, -0.15) is 0 Å². The van der Waals surface area contributed by atoms with E-state index in [1.807, 2.05) is 0 Å². The first-order valence-electron chi connectivity index (χ1n) is 8.88. The van der Waals surface area contributed by atoms with Crippen molar-refractivity contribution in [3.05, 3.63) is 41.8 Å². The number of primary amides is 2. The molecule has 2 amide bonds. The van der Waals surface area contributed by atoms with Crippen molar-refractivity contribution < 1.29 is 32.3 Å². The SMILES string of the molecule is NC(=O)C(CC(O)[CH]Cc1cc(F)cc(F)c1)C1(C(N)=O)CCC(F)(F)CC1. The molecular formula is C19H23F4N2O3. The highest BCUT2D eigenvalue weighted by Crippen LogP contribution is 2.49. The Balaban J connectivity index is 2.10. The Bertz CT molecular complexity index is 712. The van der Waals surface area contributed by atoms with Crippen LogP contribution >= 0.6 is 0 Å². The Morgan fingerprint density at radius 1 is 1.07 bits per heavy atom. The van der Waals surface area contributed by atoms with Gasteiger partial charge in [0, 0.05) is 18.9 Å². The molecule has 28 heavy (non-hydrogen) atoms. The maximum atomic E-state index is 13.5. The molecule has 1 aliphatic carbocycles. The average molecular weight is 403 g/mol. The summed E-state index contributed by atoms with van der Waals surface area (Å²) in [5.41, 5.74) is 9.53. The Morgan fingerprint density at radius 2 is 1.61 bits per heavy atom. The zero-order chi connectivity index (χ0) is 21.1. The summed E-state index contributed by atoms with van der Waals surface area (Å²) in [5.74, 6) is -7.57. The zero-order valence-corrected chi connectivity index (χ0v) is 15.1. The second-order valence-electron chi connectivity index (χ2n) is 7.35. The molecule has 0 bridgehead atoms. The lowest BCUT2D eigenvalue weighted by Gasteiger charge is -2.42. The van der Waals surface area contributed by atoms with Gasteiger partial charge < -0.3 is 16.6 Å². The Hall–Kier alpha value is -2.16. The summed E-state index contributed by atoms with van der Waals surface area (Å²) in [6.45, 7) is 0. The number of carbonyl (C=O) groups excluding carboxylic acids is 2. The van der Waals surface area contributed by atoms with E-state index in [-0.39, 0.29) is 31.2 Å². The summed E-state index contributed by atoms with van der Waals surface area (Å²) in [6, 6.07) is 2.89. The summed E-state index contributed by atoms with van der Waals surface area (Å²) in [4.78, 5) is 24.0. The van der Waals surface area contributed by atoms with E-state index in [0.717, 1.165) is 12.1 Å². The van der Waals surface area contributed by atoms with E-state index in [0.29, 0.717) is 6.07 Å². The van der Waals surface area contributed by atoms with Crippen molar-refractivity contribution in [2.24, 2.45) is 22.8 Å². The molecule has 0 spiro atoms. The van der Waals surface area contributed by atoms with Crippen LogP contribution in [0.25, 0.3) is 0 Å². The van der Waals surface area contributed by atoms with E-state index in [9.17, 15) is 32.3 Å². The van der Waals surface area contributed by atoms with Crippen LogP contribution in [-0.2, 0) is 16.0 Å². The predicted molar refractivity (Wildman–Crippen MR) is 92.7 cm³/mol. The van der Waals surface area contributed by atoms with Crippen LogP contribution in [0.3, 0.4) is 0 Å². The van der Waals surface area contributed by atoms with Crippen LogP contribution in [0.15, 0.2) is 18.2 Å². The number of aliphatic hydroxyl groups is 1. The van der Waals surface area contributed by atoms with Crippen LogP contribution in [0.1, 0.15) is 37.7 Å². The third-order valence-electron chi connectivity index (χ3n) is 5.40. The van der Waals surface area contributed by atoms with Crippen LogP contribution in [0.2, 0.25) is 0 Å². The monoisotopic (exact) mass is 403 g/mol. The Kier molecular flexibility index (Phi) is 6.69. The topological polar surface area (TPSA) is 106 Å². The van der Waals surface area contributed by atoms with Crippen molar-refractivity contribution in [1.29, 1.82) is 0 Å². The maximum Gasteiger partial charge on any atom is 0.248 e. The largest absolute Gasteiger partial charge is 0.393 e. The van der Waals surface area contributed by atoms with E-state index in [4.69, 9.17) is 11.5 Å². The third kappa shape index (κ3) is 5.21. The number of aliphatic hydroxyl groups excluding tert-OH is 1. The summed E-state index contributed by atoms with van der Waals surface area (Å²) in [5, 5.41) is 10.2. The minimum Gasteiger partial charge on any atom is -0.393 e. The highest BCUT2D eigenvalue weighted by Gasteiger charge is 2.53. The number of hydrogen-bond donors (Lipinski definition) is 3. The zero-order valence-electron chi connectivity index (χ0n) is 15.1. The van der Waals surface area contributed by atoms with E-state index >= 15 is 0 Å². The van der Waals surface area contributed by atoms with Gasteiger partial charge in [-0.15, -0.1) is 0 Å². The van der Waals surface area contributed by atoms with Gasteiger partial charge in [-0.25, -0.2) is 17.6 Å². The molecule has 1 fully saturated rings. The summed E-state index contributed by atoms with van der Waals surface area (Å²) in [6.07, 6.45) is -2.12. The van der Waals surface area contributed by atoms with E-state index in [2.05, 4.69) is 0 Å². The highest BCUT2D eigenvalue weighted by atomic mass is 19.3. The van der Waals surface area contributed by atoms with Crippen LogP contribution in [0, 0.1) is 29.4 Å². The molecule has 2 rings (SSSR count). The molecule has 1 aromatic carbocycles. The molecule has 0 heterocycles. The molecule has 0 saturated heterocycles. The molecule has 5 N–H and O–H groups in total. The number of carbonyl (C=O) groups is 2. The van der Waals surface area contributed by atoms with Gasteiger partial charge >= 0.3 is 0 Å². The van der Waals surface area contributed by atoms with Gasteiger partial charge in [0.05, 0.1) is 17.4 Å². The molecule has 2 unspecified atom stereocenters. The number of rotatable bonds is 8. The first-order chi connectivity index (χ1) is 12.9. The molecule has 1 aromatic rings. The van der Waals surface area contributed by atoms with Gasteiger partial charge in [0.25, 0.3) is 0 Å². The second-order valence-corrected chi connectivity index (χ2v) is 7.35. The van der Waals surface area contributed by atoms with E-state index in [1.54, 1.807) is 0 Å². The van der Waals surface area contributed by atoms with Gasteiger partial charge in [0.15, 0.2) is 0 Å². The first kappa shape index (κ1) is 22.1. The smallest absolute Gasteiger partial charge is 0.248 e. The minimum absolute atomic E-state index is 0.0109. The molecule has 1 aliphatic rings. The van der Waals surface area contributed by atoms with Gasteiger partial charge in [-0.05, 0) is 49.8 Å². The third-order valence-corrected chi connectivity index (χ3v) is 5.40. The van der Waals surface area contributed by atoms with Crippen molar-refractivity contribution >= 4 is 11.8 Å². The molecule has 5 nitrogen and oxygen atoms in total. The summed E-state index contributed by atoms with van der Waals surface area (Å²) < 4.78 is 53.5. The van der Waals surface area contributed by atoms with Crippen molar-refractivity contribution in [3.63, 3.8) is 0 Å².